The third-order valence-electron chi connectivity index (χ3n) is 4.73. The zero-order valence-corrected chi connectivity index (χ0v) is 14.6. The zero-order valence-electron chi connectivity index (χ0n) is 14.6. The quantitative estimate of drug-likeness (QED) is 0.552. The van der Waals surface area contributed by atoms with Crippen molar-refractivity contribution >= 4 is 22.4 Å². The molecule has 28 heavy (non-hydrogen) atoms. The zero-order chi connectivity index (χ0) is 20.1. The Balaban J connectivity index is 2.05. The van der Waals surface area contributed by atoms with E-state index in [1.54, 1.807) is 18.2 Å². The smallest absolute Gasteiger partial charge is 0.419 e. The lowest BCUT2D eigenvalue weighted by molar-refractivity contribution is -0.138. The second-order valence-electron chi connectivity index (χ2n) is 6.42. The first kappa shape index (κ1) is 18.0. The van der Waals surface area contributed by atoms with Gasteiger partial charge in [-0.1, -0.05) is 24.3 Å². The first-order valence-corrected chi connectivity index (χ1v) is 8.43. The van der Waals surface area contributed by atoms with Crippen LogP contribution in [0.4, 0.5) is 13.2 Å². The van der Waals surface area contributed by atoms with E-state index in [1.165, 1.54) is 48.1 Å². The van der Waals surface area contributed by atoms with Gasteiger partial charge < -0.3 is 9.51 Å². The van der Waals surface area contributed by atoms with Gasteiger partial charge in [-0.2, -0.15) is 13.2 Å². The Labute approximate surface area is 157 Å². The number of fused-ring (bicyclic) bond motifs is 2. The average Bonchev–Trinajstić information content (AvgIpc) is 3.14. The number of aliphatic carboxylic acids is 1. The van der Waals surface area contributed by atoms with Crippen LogP contribution in [0.15, 0.2) is 55.0 Å². The number of hydrogen-bond donors (Lipinski definition) is 1. The van der Waals surface area contributed by atoms with Crippen LogP contribution in [0.1, 0.15) is 24.1 Å². The number of imidazole rings is 1. The molecule has 0 aliphatic carbocycles. The van der Waals surface area contributed by atoms with Crippen LogP contribution in [0.3, 0.4) is 0 Å². The van der Waals surface area contributed by atoms with Crippen molar-refractivity contribution in [3.05, 3.63) is 66.2 Å². The number of alkyl halides is 3. The molecule has 142 valence electrons. The fraction of sp³-hybridized carbons (Fsp3) is 0.150. The van der Waals surface area contributed by atoms with Crippen LogP contribution in [-0.2, 0) is 11.0 Å². The van der Waals surface area contributed by atoms with E-state index in [4.69, 9.17) is 0 Å². The van der Waals surface area contributed by atoms with E-state index >= 15 is 0 Å². The first-order chi connectivity index (χ1) is 13.3. The topological polar surface area (TPSA) is 67.5 Å². The summed E-state index contributed by atoms with van der Waals surface area (Å²) in [5.74, 6) is -1.89. The van der Waals surface area contributed by atoms with E-state index in [2.05, 4.69) is 9.97 Å². The van der Waals surface area contributed by atoms with Crippen LogP contribution in [0.25, 0.3) is 27.7 Å². The molecule has 0 aliphatic heterocycles. The van der Waals surface area contributed by atoms with E-state index in [-0.39, 0.29) is 22.3 Å². The molecule has 0 saturated heterocycles. The number of rotatable bonds is 3. The lowest BCUT2D eigenvalue weighted by atomic mass is 9.98. The highest BCUT2D eigenvalue weighted by Gasteiger charge is 2.37. The second kappa shape index (κ2) is 6.33. The van der Waals surface area contributed by atoms with Crippen molar-refractivity contribution < 1.29 is 23.1 Å². The molecule has 0 saturated carbocycles. The Kier molecular flexibility index (Phi) is 4.06. The minimum Gasteiger partial charge on any atom is -0.481 e. The van der Waals surface area contributed by atoms with Crippen molar-refractivity contribution in [2.75, 3.05) is 0 Å². The van der Waals surface area contributed by atoms with E-state index < -0.39 is 23.6 Å². The molecule has 0 spiro atoms. The molecule has 3 heterocycles. The lowest BCUT2D eigenvalue weighted by Gasteiger charge is -2.17. The van der Waals surface area contributed by atoms with Crippen molar-refractivity contribution in [3.63, 3.8) is 0 Å². The van der Waals surface area contributed by atoms with Crippen LogP contribution in [0.5, 0.6) is 0 Å². The van der Waals surface area contributed by atoms with Crippen molar-refractivity contribution in [1.82, 2.24) is 14.4 Å². The Morgan fingerprint density at radius 3 is 2.61 bits per heavy atom. The molecule has 4 rings (SSSR count). The number of carboxylic acid groups (broad SMARTS) is 1. The third-order valence-corrected chi connectivity index (χ3v) is 4.73. The summed E-state index contributed by atoms with van der Waals surface area (Å²) in [5.41, 5.74) is -0.257. The van der Waals surface area contributed by atoms with Gasteiger partial charge in [0.2, 0.25) is 0 Å². The summed E-state index contributed by atoms with van der Waals surface area (Å²) in [5, 5.41) is 9.73. The predicted molar refractivity (Wildman–Crippen MR) is 97.0 cm³/mol. The van der Waals surface area contributed by atoms with E-state index in [1.807, 2.05) is 0 Å². The van der Waals surface area contributed by atoms with Crippen LogP contribution in [0, 0.1) is 0 Å². The Hall–Kier alpha value is -3.42. The molecular weight excluding hydrogens is 371 g/mol. The number of pyridine rings is 2. The van der Waals surface area contributed by atoms with Crippen molar-refractivity contribution in [2.24, 2.45) is 0 Å². The lowest BCUT2D eigenvalue weighted by Crippen LogP contribution is -2.13. The minimum atomic E-state index is -4.63. The van der Waals surface area contributed by atoms with Gasteiger partial charge in [-0.25, -0.2) is 4.98 Å². The van der Waals surface area contributed by atoms with Gasteiger partial charge in [-0.05, 0) is 24.4 Å². The van der Waals surface area contributed by atoms with Crippen LogP contribution < -0.4 is 0 Å². The number of halogens is 3. The molecule has 1 aromatic carbocycles. The normalized spacial score (nSPS) is 13.1. The molecule has 8 heteroatoms. The summed E-state index contributed by atoms with van der Waals surface area (Å²) in [6, 6.07) is 9.13. The van der Waals surface area contributed by atoms with Crippen molar-refractivity contribution in [1.29, 1.82) is 0 Å². The van der Waals surface area contributed by atoms with Gasteiger partial charge in [0, 0.05) is 35.2 Å². The molecule has 1 atom stereocenters. The fourth-order valence-electron chi connectivity index (χ4n) is 3.35. The number of aromatic nitrogens is 3. The van der Waals surface area contributed by atoms with Gasteiger partial charge in [0.15, 0.2) is 0 Å². The van der Waals surface area contributed by atoms with E-state index in [0.717, 1.165) is 0 Å². The van der Waals surface area contributed by atoms with Gasteiger partial charge in [0.25, 0.3) is 0 Å². The molecule has 0 radical (unpaired) electrons. The minimum absolute atomic E-state index is 0.0488. The molecule has 4 aromatic rings. The first-order valence-electron chi connectivity index (χ1n) is 8.43. The van der Waals surface area contributed by atoms with Crippen LogP contribution in [0.2, 0.25) is 0 Å². The highest BCUT2D eigenvalue weighted by molar-refractivity contribution is 5.92. The fourth-order valence-corrected chi connectivity index (χ4v) is 3.35. The monoisotopic (exact) mass is 385 g/mol. The maximum atomic E-state index is 14.0. The maximum Gasteiger partial charge on any atom is 0.419 e. The van der Waals surface area contributed by atoms with Crippen LogP contribution in [-0.4, -0.2) is 25.4 Å². The molecule has 3 aromatic heterocycles. The summed E-state index contributed by atoms with van der Waals surface area (Å²) in [6.07, 6.45) is -0.278. The van der Waals surface area contributed by atoms with Gasteiger partial charge in [0.1, 0.15) is 5.65 Å². The van der Waals surface area contributed by atoms with Crippen LogP contribution >= 0.6 is 0 Å². The number of carbonyl (C=O) groups is 1. The molecule has 0 amide bonds. The SMILES string of the molecule is CC(C(=O)O)c1ccc(-c2ncc3ccccc3c2C(F)(F)F)c2nccn12. The molecule has 0 bridgehead atoms. The molecule has 5 nitrogen and oxygen atoms in total. The maximum absolute atomic E-state index is 14.0. The Morgan fingerprint density at radius 1 is 1.14 bits per heavy atom. The number of benzene rings is 1. The summed E-state index contributed by atoms with van der Waals surface area (Å²) in [6.45, 7) is 1.51. The highest BCUT2D eigenvalue weighted by atomic mass is 19.4. The Bertz CT molecular complexity index is 1210. The third kappa shape index (κ3) is 2.77. The summed E-state index contributed by atoms with van der Waals surface area (Å²) < 4.78 is 43.4. The molecule has 0 fully saturated rings. The molecule has 1 unspecified atom stereocenters. The van der Waals surface area contributed by atoms with Gasteiger partial charge in [0.05, 0.1) is 17.2 Å². The predicted octanol–water partition coefficient (Wildman–Crippen LogP) is 4.76. The number of nitrogens with zero attached hydrogens (tertiary/aromatic N) is 3. The van der Waals surface area contributed by atoms with Gasteiger partial charge in [-0.15, -0.1) is 0 Å². The van der Waals surface area contributed by atoms with E-state index in [9.17, 15) is 23.1 Å². The van der Waals surface area contributed by atoms with Gasteiger partial charge in [-0.3, -0.25) is 9.78 Å². The van der Waals surface area contributed by atoms with E-state index in [0.29, 0.717) is 11.1 Å². The molecule has 1 N–H and O–H groups in total. The second-order valence-corrected chi connectivity index (χ2v) is 6.42. The average molecular weight is 385 g/mol. The van der Waals surface area contributed by atoms with Crippen molar-refractivity contribution in [3.8, 4) is 11.3 Å². The Morgan fingerprint density at radius 2 is 1.89 bits per heavy atom. The molecule has 0 aliphatic rings. The largest absolute Gasteiger partial charge is 0.481 e. The molecular formula is C20H14F3N3O2. The standard InChI is InChI=1S/C20H14F3N3O2/c1-11(19(27)28)15-7-6-14(18-24-8-9-26(15)18)17-16(20(21,22)23)13-5-3-2-4-12(13)10-25-17/h2-11H,1H3,(H,27,28). The van der Waals surface area contributed by atoms with Crippen molar-refractivity contribution in [2.45, 2.75) is 19.0 Å². The summed E-state index contributed by atoms with van der Waals surface area (Å²) >= 11 is 0. The summed E-state index contributed by atoms with van der Waals surface area (Å²) in [4.78, 5) is 19.6. The number of hydrogen-bond acceptors (Lipinski definition) is 3. The van der Waals surface area contributed by atoms with Gasteiger partial charge >= 0.3 is 12.1 Å². The number of carboxylic acids is 1. The summed E-state index contributed by atoms with van der Waals surface area (Å²) in [7, 11) is 0. The highest BCUT2D eigenvalue weighted by Crippen LogP contribution is 2.41.